The molecule has 1 N–H and O–H groups in total. The second kappa shape index (κ2) is 4.90. The molecule has 0 amide bonds. The molecule has 0 atom stereocenters. The van der Waals surface area contributed by atoms with E-state index in [1.165, 1.54) is 0 Å². The smallest absolute Gasteiger partial charge is 0.138 e. The van der Waals surface area contributed by atoms with Crippen LogP contribution in [0, 0.1) is 0 Å². The minimum atomic E-state index is 0.833. The SMILES string of the molecule is Brc1cnc2[nH]c(-c3ccccc3)c(-c3ccco3)c2c1. The molecule has 102 valence electrons. The Kier molecular flexibility index (Phi) is 2.89. The molecule has 4 aromatic rings. The van der Waals surface area contributed by atoms with Crippen LogP contribution in [0.25, 0.3) is 33.6 Å². The number of pyridine rings is 1. The van der Waals surface area contributed by atoms with E-state index in [9.17, 15) is 0 Å². The van der Waals surface area contributed by atoms with Gasteiger partial charge in [0.1, 0.15) is 11.4 Å². The molecule has 0 aliphatic heterocycles. The molecule has 21 heavy (non-hydrogen) atoms. The average molecular weight is 339 g/mol. The fourth-order valence-electron chi connectivity index (χ4n) is 2.54. The molecule has 0 spiro atoms. The number of nitrogens with zero attached hydrogens (tertiary/aromatic N) is 1. The van der Waals surface area contributed by atoms with Crippen molar-refractivity contribution < 1.29 is 4.42 Å². The Morgan fingerprint density at radius 2 is 1.90 bits per heavy atom. The molecule has 4 heteroatoms. The summed E-state index contributed by atoms with van der Waals surface area (Å²) >= 11 is 3.49. The van der Waals surface area contributed by atoms with Gasteiger partial charge in [0.25, 0.3) is 0 Å². The minimum Gasteiger partial charge on any atom is -0.464 e. The van der Waals surface area contributed by atoms with Gasteiger partial charge in [0, 0.05) is 16.1 Å². The predicted octanol–water partition coefficient (Wildman–Crippen LogP) is 5.25. The number of H-pyrrole nitrogens is 1. The number of hydrogen-bond donors (Lipinski definition) is 1. The zero-order chi connectivity index (χ0) is 14.2. The maximum atomic E-state index is 5.62. The van der Waals surface area contributed by atoms with Crippen LogP contribution in [0.4, 0.5) is 0 Å². The summed E-state index contributed by atoms with van der Waals surface area (Å²) in [6, 6.07) is 16.1. The lowest BCUT2D eigenvalue weighted by molar-refractivity contribution is 0.583. The first-order valence-corrected chi connectivity index (χ1v) is 7.39. The first-order chi connectivity index (χ1) is 10.3. The molecule has 0 radical (unpaired) electrons. The molecule has 3 nitrogen and oxygen atoms in total. The number of rotatable bonds is 2. The van der Waals surface area contributed by atoms with Crippen molar-refractivity contribution in [2.75, 3.05) is 0 Å². The molecule has 0 bridgehead atoms. The topological polar surface area (TPSA) is 41.8 Å². The van der Waals surface area contributed by atoms with E-state index in [0.29, 0.717) is 0 Å². The summed E-state index contributed by atoms with van der Waals surface area (Å²) in [5.41, 5.74) is 4.02. The number of furan rings is 1. The first-order valence-electron chi connectivity index (χ1n) is 6.59. The summed E-state index contributed by atoms with van der Waals surface area (Å²) in [7, 11) is 0. The van der Waals surface area contributed by atoms with Crippen LogP contribution >= 0.6 is 15.9 Å². The van der Waals surface area contributed by atoms with Crippen LogP contribution in [0.15, 0.2) is 69.9 Å². The molecule has 0 saturated carbocycles. The van der Waals surface area contributed by atoms with Crippen molar-refractivity contribution in [2.45, 2.75) is 0 Å². The van der Waals surface area contributed by atoms with Gasteiger partial charge < -0.3 is 9.40 Å². The van der Waals surface area contributed by atoms with Gasteiger partial charge in [0.05, 0.1) is 17.5 Å². The maximum absolute atomic E-state index is 5.62. The third-order valence-corrected chi connectivity index (χ3v) is 3.88. The van der Waals surface area contributed by atoms with E-state index in [0.717, 1.165) is 38.1 Å². The number of fused-ring (bicyclic) bond motifs is 1. The zero-order valence-electron chi connectivity index (χ0n) is 11.0. The third-order valence-electron chi connectivity index (χ3n) is 3.45. The standard InChI is InChI=1S/C17H11BrN2O/c18-12-9-13-15(14-7-4-8-21-14)16(20-17(13)19-10-12)11-5-2-1-3-6-11/h1-10H,(H,19,20). The lowest BCUT2D eigenvalue weighted by atomic mass is 10.0. The molecular weight excluding hydrogens is 328 g/mol. The van der Waals surface area contributed by atoms with Crippen LogP contribution in [0.5, 0.6) is 0 Å². The highest BCUT2D eigenvalue weighted by atomic mass is 79.9. The fraction of sp³-hybridized carbons (Fsp3) is 0. The van der Waals surface area contributed by atoms with Crippen LogP contribution in [0.2, 0.25) is 0 Å². The van der Waals surface area contributed by atoms with Gasteiger partial charge in [-0.05, 0) is 39.7 Å². The molecule has 0 unspecified atom stereocenters. The molecule has 1 aromatic carbocycles. The van der Waals surface area contributed by atoms with E-state index in [-0.39, 0.29) is 0 Å². The predicted molar refractivity (Wildman–Crippen MR) is 86.9 cm³/mol. The van der Waals surface area contributed by atoms with Gasteiger partial charge in [-0.3, -0.25) is 0 Å². The Morgan fingerprint density at radius 1 is 1.05 bits per heavy atom. The second-order valence-electron chi connectivity index (χ2n) is 4.77. The summed E-state index contributed by atoms with van der Waals surface area (Å²) in [5, 5.41) is 1.04. The molecule has 3 heterocycles. The first kappa shape index (κ1) is 12.4. The number of aromatic amines is 1. The highest BCUT2D eigenvalue weighted by molar-refractivity contribution is 9.10. The van der Waals surface area contributed by atoms with Crippen molar-refractivity contribution in [3.63, 3.8) is 0 Å². The maximum Gasteiger partial charge on any atom is 0.138 e. The van der Waals surface area contributed by atoms with Gasteiger partial charge in [-0.25, -0.2) is 4.98 Å². The van der Waals surface area contributed by atoms with E-state index < -0.39 is 0 Å². The second-order valence-corrected chi connectivity index (χ2v) is 5.68. The highest BCUT2D eigenvalue weighted by Crippen LogP contribution is 2.38. The van der Waals surface area contributed by atoms with Crippen LogP contribution in [-0.2, 0) is 0 Å². The molecule has 0 fully saturated rings. The van der Waals surface area contributed by atoms with E-state index in [1.54, 1.807) is 12.5 Å². The summed E-state index contributed by atoms with van der Waals surface area (Å²) in [6.07, 6.45) is 3.48. The summed E-state index contributed by atoms with van der Waals surface area (Å²) < 4.78 is 6.57. The Balaban J connectivity index is 2.09. The van der Waals surface area contributed by atoms with Gasteiger partial charge in [0.2, 0.25) is 0 Å². The average Bonchev–Trinajstić information content (AvgIpc) is 3.14. The number of nitrogens with one attached hydrogen (secondary N) is 1. The molecule has 0 aliphatic carbocycles. The Labute approximate surface area is 129 Å². The Morgan fingerprint density at radius 3 is 2.67 bits per heavy atom. The van der Waals surface area contributed by atoms with E-state index >= 15 is 0 Å². The fourth-order valence-corrected chi connectivity index (χ4v) is 2.87. The Bertz CT molecular complexity index is 895. The summed E-state index contributed by atoms with van der Waals surface area (Å²) in [6.45, 7) is 0. The molecule has 4 rings (SSSR count). The number of halogens is 1. The van der Waals surface area contributed by atoms with Gasteiger partial charge in [-0.1, -0.05) is 30.3 Å². The van der Waals surface area contributed by atoms with Gasteiger partial charge >= 0.3 is 0 Å². The van der Waals surface area contributed by atoms with Crippen molar-refractivity contribution in [2.24, 2.45) is 0 Å². The van der Waals surface area contributed by atoms with Crippen LogP contribution in [-0.4, -0.2) is 9.97 Å². The monoisotopic (exact) mass is 338 g/mol. The highest BCUT2D eigenvalue weighted by Gasteiger charge is 2.17. The summed E-state index contributed by atoms with van der Waals surface area (Å²) in [5.74, 6) is 0.833. The number of aromatic nitrogens is 2. The van der Waals surface area contributed by atoms with Gasteiger partial charge in [0.15, 0.2) is 0 Å². The van der Waals surface area contributed by atoms with Crippen molar-refractivity contribution >= 4 is 27.0 Å². The van der Waals surface area contributed by atoms with E-state index in [1.807, 2.05) is 30.3 Å². The van der Waals surface area contributed by atoms with Crippen molar-refractivity contribution in [1.29, 1.82) is 0 Å². The molecular formula is C17H11BrN2O. The molecule has 3 aromatic heterocycles. The minimum absolute atomic E-state index is 0.833. The summed E-state index contributed by atoms with van der Waals surface area (Å²) in [4.78, 5) is 7.86. The van der Waals surface area contributed by atoms with Gasteiger partial charge in [-0.15, -0.1) is 0 Å². The van der Waals surface area contributed by atoms with E-state index in [4.69, 9.17) is 4.42 Å². The zero-order valence-corrected chi connectivity index (χ0v) is 12.6. The third kappa shape index (κ3) is 2.08. The molecule has 0 saturated heterocycles. The van der Waals surface area contributed by atoms with Crippen LogP contribution in [0.1, 0.15) is 0 Å². The number of hydrogen-bond acceptors (Lipinski definition) is 2. The van der Waals surface area contributed by atoms with Gasteiger partial charge in [-0.2, -0.15) is 0 Å². The van der Waals surface area contributed by atoms with Crippen molar-refractivity contribution in [1.82, 2.24) is 9.97 Å². The normalized spacial score (nSPS) is 11.1. The largest absolute Gasteiger partial charge is 0.464 e. The van der Waals surface area contributed by atoms with Crippen molar-refractivity contribution in [3.8, 4) is 22.6 Å². The lowest BCUT2D eigenvalue weighted by Gasteiger charge is -2.02. The molecule has 0 aliphatic rings. The van der Waals surface area contributed by atoms with Crippen LogP contribution in [0.3, 0.4) is 0 Å². The quantitative estimate of drug-likeness (QED) is 0.542. The lowest BCUT2D eigenvalue weighted by Crippen LogP contribution is -1.80. The van der Waals surface area contributed by atoms with Crippen molar-refractivity contribution in [3.05, 3.63) is 65.5 Å². The van der Waals surface area contributed by atoms with Crippen LogP contribution < -0.4 is 0 Å². The van der Waals surface area contributed by atoms with E-state index in [2.05, 4.69) is 44.1 Å². The number of benzene rings is 1. The Hall–Kier alpha value is -2.33.